The second-order valence-electron chi connectivity index (χ2n) is 6.37. The first-order valence-corrected chi connectivity index (χ1v) is 10.8. The molecule has 0 bridgehead atoms. The van der Waals surface area contributed by atoms with Gasteiger partial charge in [0.25, 0.3) is 0 Å². The number of rotatable bonds is 5. The zero-order valence-corrected chi connectivity index (χ0v) is 19.2. The van der Waals surface area contributed by atoms with Crippen molar-refractivity contribution in [3.63, 3.8) is 0 Å². The lowest BCUT2D eigenvalue weighted by Crippen LogP contribution is -2.45. The number of likely N-dealkylation sites (N-methyl/N-ethyl adjacent to an activating group) is 1. The van der Waals surface area contributed by atoms with Crippen molar-refractivity contribution in [3.05, 3.63) is 55.6 Å². The Labute approximate surface area is 188 Å². The highest BCUT2D eigenvalue weighted by Crippen LogP contribution is 2.34. The smallest absolute Gasteiger partial charge is 0.356 e. The van der Waals surface area contributed by atoms with E-state index in [4.69, 9.17) is 39.5 Å². The van der Waals surface area contributed by atoms with Crippen LogP contribution in [-0.4, -0.2) is 53.6 Å². The van der Waals surface area contributed by atoms with E-state index in [1.807, 2.05) is 18.5 Å². The topological polar surface area (TPSA) is 57.5 Å². The van der Waals surface area contributed by atoms with Crippen LogP contribution in [0.15, 0.2) is 30.7 Å². The number of hydrogen-bond acceptors (Lipinski definition) is 5. The average molecular weight is 475 g/mol. The predicted molar refractivity (Wildman–Crippen MR) is 118 cm³/mol. The van der Waals surface area contributed by atoms with Gasteiger partial charge >= 0.3 is 11.9 Å². The molecule has 3 rings (SSSR count). The molecule has 0 aliphatic carbocycles. The molecule has 6 nitrogen and oxygen atoms in total. The fourth-order valence-corrected chi connectivity index (χ4v) is 4.77. The molecule has 1 aromatic carbocycles. The molecule has 0 saturated carbocycles. The van der Waals surface area contributed by atoms with Gasteiger partial charge in [0, 0.05) is 16.2 Å². The van der Waals surface area contributed by atoms with Gasteiger partial charge in [-0.25, -0.2) is 4.98 Å². The molecule has 1 N–H and O–H groups in total. The average Bonchev–Trinajstić information content (AvgIpc) is 3.22. The molecule has 2 heterocycles. The van der Waals surface area contributed by atoms with Crippen molar-refractivity contribution in [1.29, 1.82) is 0 Å². The molecule has 1 amide bonds. The van der Waals surface area contributed by atoms with E-state index >= 15 is 0 Å². The van der Waals surface area contributed by atoms with E-state index in [0.717, 1.165) is 4.88 Å². The van der Waals surface area contributed by atoms with Gasteiger partial charge in [0.2, 0.25) is 0 Å². The lowest BCUT2D eigenvalue weighted by molar-refractivity contribution is -0.492. The number of halogens is 3. The van der Waals surface area contributed by atoms with E-state index in [9.17, 15) is 4.79 Å². The van der Waals surface area contributed by atoms with Crippen molar-refractivity contribution in [3.8, 4) is 0 Å². The van der Waals surface area contributed by atoms with Crippen LogP contribution in [0.4, 0.5) is 0 Å². The Bertz CT molecular complexity index is 969. The third-order valence-electron chi connectivity index (χ3n) is 4.37. The van der Waals surface area contributed by atoms with Gasteiger partial charge in [-0.3, -0.25) is 14.7 Å². The summed E-state index contributed by atoms with van der Waals surface area (Å²) < 4.78 is 7.64. The monoisotopic (exact) mass is 473 g/mol. The molecule has 2 aromatic rings. The highest BCUT2D eigenvalue weighted by molar-refractivity contribution is 7.15. The molecule has 154 valence electrons. The van der Waals surface area contributed by atoms with Gasteiger partial charge in [0.05, 0.1) is 37.4 Å². The first kappa shape index (κ1) is 21.9. The number of guanidine groups is 1. The molecule has 10 heteroatoms. The van der Waals surface area contributed by atoms with Gasteiger partial charge < -0.3 is 4.74 Å². The molecule has 29 heavy (non-hydrogen) atoms. The zero-order valence-electron chi connectivity index (χ0n) is 16.1. The lowest BCUT2D eigenvalue weighted by atomic mass is 10.0. The van der Waals surface area contributed by atoms with Crippen LogP contribution >= 0.6 is 46.1 Å². The summed E-state index contributed by atoms with van der Waals surface area (Å²) in [6.07, 6.45) is 3.11. The summed E-state index contributed by atoms with van der Waals surface area (Å²) in [6, 6.07) is 4.73. The van der Waals surface area contributed by atoms with Crippen molar-refractivity contribution < 1.29 is 14.1 Å². The number of benzene rings is 1. The molecule has 1 unspecified atom stereocenters. The Balaban J connectivity index is 2.07. The number of nitrogens with zero attached hydrogens (tertiary/aromatic N) is 3. The second kappa shape index (κ2) is 9.34. The van der Waals surface area contributed by atoms with E-state index < -0.39 is 0 Å². The van der Waals surface area contributed by atoms with Crippen LogP contribution in [-0.2, 0) is 9.53 Å². The van der Waals surface area contributed by atoms with E-state index in [0.29, 0.717) is 44.7 Å². The van der Waals surface area contributed by atoms with Gasteiger partial charge in [0.1, 0.15) is 6.54 Å². The maximum Gasteiger partial charge on any atom is 0.356 e. The second-order valence-corrected chi connectivity index (χ2v) is 8.88. The largest absolute Gasteiger partial charge is 0.503 e. The highest BCUT2D eigenvalue weighted by atomic mass is 35.5. The Morgan fingerprint density at radius 2 is 2.07 bits per heavy atom. The van der Waals surface area contributed by atoms with Crippen LogP contribution in [0.3, 0.4) is 0 Å². The Hall–Kier alpha value is -1.80. The molecule has 1 aromatic heterocycles. The van der Waals surface area contributed by atoms with Crippen molar-refractivity contribution in [2.45, 2.75) is 13.0 Å². The summed E-state index contributed by atoms with van der Waals surface area (Å²) in [6.45, 7) is 3.23. The number of thiazole rings is 1. The van der Waals surface area contributed by atoms with Gasteiger partial charge in [-0.05, 0) is 30.7 Å². The minimum Gasteiger partial charge on any atom is -0.503 e. The van der Waals surface area contributed by atoms with E-state index in [2.05, 4.69) is 10.3 Å². The Kier molecular flexibility index (Phi) is 7.05. The number of carbonyl (C=O) groups excluding carboxylic acids is 1. The molecule has 0 spiro atoms. The minimum atomic E-state index is -0.250. The molecule has 1 aliphatic heterocycles. The van der Waals surface area contributed by atoms with Crippen LogP contribution in [0.2, 0.25) is 14.5 Å². The number of amides is 1. The van der Waals surface area contributed by atoms with Gasteiger partial charge in [-0.2, -0.15) is 4.90 Å². The van der Waals surface area contributed by atoms with Crippen molar-refractivity contribution >= 4 is 63.6 Å². The van der Waals surface area contributed by atoms with E-state index in [1.54, 1.807) is 29.3 Å². The molecule has 0 fully saturated rings. The standard InChI is InChI=1S/C19H19Cl3N4O2S/c1-4-23-19-25(2)9-15(16-8-24-18(22)29-16)26(19)17(27)14(10-28-3)11-5-12(20)7-13(21)6-11/h5-8,10,15H,4,9H2,1-3H3/p+1/b14-10+. The number of nitrogens with one attached hydrogen (secondary N) is 1. The van der Waals surface area contributed by atoms with Crippen LogP contribution in [0, 0.1) is 0 Å². The summed E-state index contributed by atoms with van der Waals surface area (Å²) in [5.41, 5.74) is 0.907. The molecular weight excluding hydrogens is 455 g/mol. The van der Waals surface area contributed by atoms with Gasteiger partial charge in [0.15, 0.2) is 10.5 Å². The maximum atomic E-state index is 13.7. The molecule has 0 saturated heterocycles. The lowest BCUT2D eigenvalue weighted by Gasteiger charge is -2.20. The van der Waals surface area contributed by atoms with Crippen LogP contribution < -0.4 is 5.32 Å². The van der Waals surface area contributed by atoms with Crippen molar-refractivity contribution in [1.82, 2.24) is 15.2 Å². The highest BCUT2D eigenvalue weighted by Gasteiger charge is 2.45. The normalized spacial score (nSPS) is 17.1. The molecule has 0 radical (unpaired) electrons. The Morgan fingerprint density at radius 1 is 1.38 bits per heavy atom. The first-order valence-electron chi connectivity index (χ1n) is 8.81. The number of ether oxygens (including phenoxy) is 1. The third kappa shape index (κ3) is 4.69. The zero-order chi connectivity index (χ0) is 21.1. The van der Waals surface area contributed by atoms with Crippen molar-refractivity contribution in [2.75, 3.05) is 27.2 Å². The SMILES string of the molecule is CCNC1=[N+](C)CC(c2cnc(Cl)s2)N1C(=O)/C(=C/OC)c1cc(Cl)cc(Cl)c1. The quantitative estimate of drug-likeness (QED) is 0.399. The Morgan fingerprint density at radius 3 is 2.62 bits per heavy atom. The summed E-state index contributed by atoms with van der Waals surface area (Å²) in [5, 5.41) is 4.15. The van der Waals surface area contributed by atoms with Crippen LogP contribution in [0.5, 0.6) is 0 Å². The fraction of sp³-hybridized carbons (Fsp3) is 0.316. The fourth-order valence-electron chi connectivity index (χ4n) is 3.21. The van der Waals surface area contributed by atoms with Gasteiger partial charge in [-0.1, -0.05) is 34.8 Å². The molecule has 1 atom stereocenters. The molecular formula is C19H20Cl3N4O2S+. The van der Waals surface area contributed by atoms with Gasteiger partial charge in [-0.15, -0.1) is 11.3 Å². The summed E-state index contributed by atoms with van der Waals surface area (Å²) in [4.78, 5) is 20.5. The van der Waals surface area contributed by atoms with Crippen LogP contribution in [0.25, 0.3) is 5.57 Å². The third-order valence-corrected chi connectivity index (χ3v) is 6.02. The minimum absolute atomic E-state index is 0.249. The maximum absolute atomic E-state index is 13.7. The molecule has 1 aliphatic rings. The number of aromatic nitrogens is 1. The number of methoxy groups -OCH3 is 1. The number of carbonyl (C=O) groups is 1. The first-order chi connectivity index (χ1) is 13.8. The summed E-state index contributed by atoms with van der Waals surface area (Å²) >= 11 is 19.7. The van der Waals surface area contributed by atoms with E-state index in [-0.39, 0.29) is 11.9 Å². The summed E-state index contributed by atoms with van der Waals surface area (Å²) in [5.74, 6) is 0.446. The van der Waals surface area contributed by atoms with Crippen molar-refractivity contribution in [2.24, 2.45) is 0 Å². The summed E-state index contributed by atoms with van der Waals surface area (Å²) in [7, 11) is 3.42. The predicted octanol–water partition coefficient (Wildman–Crippen LogP) is 4.28. The van der Waals surface area contributed by atoms with Crippen LogP contribution in [0.1, 0.15) is 23.4 Å². The number of hydrogen-bond donors (Lipinski definition) is 1. The van der Waals surface area contributed by atoms with E-state index in [1.165, 1.54) is 24.7 Å².